The number of Topliss-reactive ketones (excluding diaryl/α,β-unsaturated/α-hetero) is 2. The first-order valence-electron chi connectivity index (χ1n) is 10.7. The van der Waals surface area contributed by atoms with E-state index in [9.17, 15) is 19.5 Å². The highest BCUT2D eigenvalue weighted by molar-refractivity contribution is 6.20. The molecule has 0 fully saturated rings. The van der Waals surface area contributed by atoms with E-state index in [2.05, 4.69) is 0 Å². The zero-order valence-electron chi connectivity index (χ0n) is 17.6. The fourth-order valence-corrected chi connectivity index (χ4v) is 4.51. The van der Waals surface area contributed by atoms with Gasteiger partial charge in [-0.15, -0.1) is 0 Å². The summed E-state index contributed by atoms with van der Waals surface area (Å²) in [6, 6.07) is 28.1. The van der Waals surface area contributed by atoms with Gasteiger partial charge in [0, 0.05) is 23.5 Å². The molecule has 4 heteroatoms. The summed E-state index contributed by atoms with van der Waals surface area (Å²) in [6.45, 7) is 0. The number of ketones is 2. The maximum Gasteiger partial charge on any atom is 0.303 e. The first-order valence-corrected chi connectivity index (χ1v) is 10.7. The van der Waals surface area contributed by atoms with Crippen molar-refractivity contribution in [2.24, 2.45) is 5.92 Å². The highest BCUT2D eigenvalue weighted by Gasteiger charge is 2.42. The van der Waals surface area contributed by atoms with E-state index in [4.69, 9.17) is 0 Å². The zero-order valence-corrected chi connectivity index (χ0v) is 17.6. The molecule has 2 atom stereocenters. The third-order valence-corrected chi connectivity index (χ3v) is 6.05. The second kappa shape index (κ2) is 9.56. The third kappa shape index (κ3) is 4.45. The van der Waals surface area contributed by atoms with Gasteiger partial charge < -0.3 is 5.11 Å². The van der Waals surface area contributed by atoms with Crippen LogP contribution in [0.15, 0.2) is 96.6 Å². The van der Waals surface area contributed by atoms with Crippen molar-refractivity contribution in [2.75, 3.05) is 0 Å². The van der Waals surface area contributed by atoms with Gasteiger partial charge >= 0.3 is 5.97 Å². The van der Waals surface area contributed by atoms with Crippen LogP contribution in [0.5, 0.6) is 0 Å². The fourth-order valence-electron chi connectivity index (χ4n) is 4.51. The largest absolute Gasteiger partial charge is 0.481 e. The number of hydrogen-bond donors (Lipinski definition) is 1. The van der Waals surface area contributed by atoms with Crippen molar-refractivity contribution in [3.63, 3.8) is 0 Å². The number of allylic oxidation sites excluding steroid dienone is 2. The molecule has 3 aromatic rings. The molecule has 160 valence electrons. The van der Waals surface area contributed by atoms with Gasteiger partial charge in [-0.2, -0.15) is 0 Å². The Morgan fingerprint density at radius 3 is 1.97 bits per heavy atom. The number of carbonyl (C=O) groups excluding carboxylic acids is 2. The SMILES string of the molecule is O=C(O)CCC1=C(c2ccccc2)C[C@H](c2ccccc2)[C@@H](C(=O)c2ccccc2)C1=O. The van der Waals surface area contributed by atoms with Crippen LogP contribution in [0.4, 0.5) is 0 Å². The van der Waals surface area contributed by atoms with Gasteiger partial charge in [0.25, 0.3) is 0 Å². The van der Waals surface area contributed by atoms with Crippen LogP contribution in [0.3, 0.4) is 0 Å². The Morgan fingerprint density at radius 2 is 1.38 bits per heavy atom. The predicted octanol–water partition coefficient (Wildman–Crippen LogP) is 5.56. The maximum absolute atomic E-state index is 13.8. The highest BCUT2D eigenvalue weighted by atomic mass is 16.4. The molecule has 0 radical (unpaired) electrons. The zero-order chi connectivity index (χ0) is 22.5. The monoisotopic (exact) mass is 424 g/mol. The molecular weight excluding hydrogens is 400 g/mol. The lowest BCUT2D eigenvalue weighted by Crippen LogP contribution is -2.35. The molecule has 0 aliphatic heterocycles. The van der Waals surface area contributed by atoms with Crippen molar-refractivity contribution in [1.82, 2.24) is 0 Å². The van der Waals surface area contributed by atoms with Crippen LogP contribution in [0, 0.1) is 5.92 Å². The number of carboxylic acid groups (broad SMARTS) is 1. The summed E-state index contributed by atoms with van der Waals surface area (Å²) in [5, 5.41) is 9.27. The fraction of sp³-hybridized carbons (Fsp3) is 0.179. The quantitative estimate of drug-likeness (QED) is 0.398. The molecule has 4 nitrogen and oxygen atoms in total. The molecule has 0 bridgehead atoms. The predicted molar refractivity (Wildman–Crippen MR) is 123 cm³/mol. The molecule has 0 amide bonds. The molecule has 0 unspecified atom stereocenters. The summed E-state index contributed by atoms with van der Waals surface area (Å²) in [7, 11) is 0. The van der Waals surface area contributed by atoms with Crippen molar-refractivity contribution >= 4 is 23.1 Å². The number of benzene rings is 3. The normalized spacial score (nSPS) is 18.4. The lowest BCUT2D eigenvalue weighted by Gasteiger charge is -2.33. The van der Waals surface area contributed by atoms with E-state index in [1.54, 1.807) is 24.3 Å². The van der Waals surface area contributed by atoms with E-state index in [0.29, 0.717) is 17.6 Å². The smallest absolute Gasteiger partial charge is 0.303 e. The van der Waals surface area contributed by atoms with Gasteiger partial charge in [-0.3, -0.25) is 14.4 Å². The number of carboxylic acids is 1. The molecule has 1 N–H and O–H groups in total. The van der Waals surface area contributed by atoms with Crippen LogP contribution < -0.4 is 0 Å². The van der Waals surface area contributed by atoms with Gasteiger partial charge in [-0.25, -0.2) is 0 Å². The number of hydrogen-bond acceptors (Lipinski definition) is 3. The topological polar surface area (TPSA) is 71.4 Å². The van der Waals surface area contributed by atoms with E-state index in [-0.39, 0.29) is 30.3 Å². The van der Waals surface area contributed by atoms with E-state index in [1.165, 1.54) is 0 Å². The van der Waals surface area contributed by atoms with E-state index >= 15 is 0 Å². The Hall–Kier alpha value is -3.79. The Morgan fingerprint density at radius 1 is 0.812 bits per heavy atom. The van der Waals surface area contributed by atoms with Crippen molar-refractivity contribution in [2.45, 2.75) is 25.2 Å². The van der Waals surface area contributed by atoms with Gasteiger partial charge in [-0.1, -0.05) is 91.0 Å². The lowest BCUT2D eigenvalue weighted by molar-refractivity contribution is -0.136. The van der Waals surface area contributed by atoms with Crippen LogP contribution in [0.25, 0.3) is 5.57 Å². The Kier molecular flexibility index (Phi) is 6.41. The van der Waals surface area contributed by atoms with E-state index < -0.39 is 11.9 Å². The molecule has 0 saturated carbocycles. The Bertz CT molecular complexity index is 1150. The van der Waals surface area contributed by atoms with Gasteiger partial charge in [0.1, 0.15) is 0 Å². The molecule has 32 heavy (non-hydrogen) atoms. The molecule has 4 rings (SSSR count). The second-order valence-electron chi connectivity index (χ2n) is 8.01. The third-order valence-electron chi connectivity index (χ3n) is 6.05. The van der Waals surface area contributed by atoms with E-state index in [1.807, 2.05) is 66.7 Å². The summed E-state index contributed by atoms with van der Waals surface area (Å²) in [6.07, 6.45) is 0.454. The number of aliphatic carboxylic acids is 1. The van der Waals surface area contributed by atoms with Crippen molar-refractivity contribution < 1.29 is 19.5 Å². The Balaban J connectivity index is 1.86. The number of rotatable bonds is 7. The van der Waals surface area contributed by atoms with Crippen LogP contribution in [0.1, 0.15) is 46.7 Å². The minimum absolute atomic E-state index is 0.110. The van der Waals surface area contributed by atoms with Gasteiger partial charge in [0.05, 0.1) is 5.92 Å². The summed E-state index contributed by atoms with van der Waals surface area (Å²) < 4.78 is 0. The average molecular weight is 424 g/mol. The Labute approximate surface area is 187 Å². The van der Waals surface area contributed by atoms with Crippen molar-refractivity contribution in [3.05, 3.63) is 113 Å². The molecule has 0 aromatic heterocycles. The average Bonchev–Trinajstić information content (AvgIpc) is 2.84. The molecule has 0 heterocycles. The summed E-state index contributed by atoms with van der Waals surface area (Å²) in [4.78, 5) is 38.7. The molecule has 1 aliphatic rings. The van der Waals surface area contributed by atoms with Gasteiger partial charge in [0.15, 0.2) is 11.6 Å². The minimum Gasteiger partial charge on any atom is -0.481 e. The van der Waals surface area contributed by atoms with Crippen LogP contribution in [-0.2, 0) is 9.59 Å². The maximum atomic E-state index is 13.8. The first kappa shape index (κ1) is 21.4. The lowest BCUT2D eigenvalue weighted by atomic mass is 9.67. The molecule has 1 aliphatic carbocycles. The molecule has 0 saturated heterocycles. The summed E-state index contributed by atoms with van der Waals surface area (Å²) >= 11 is 0. The highest BCUT2D eigenvalue weighted by Crippen LogP contribution is 2.45. The van der Waals surface area contributed by atoms with Crippen molar-refractivity contribution in [1.29, 1.82) is 0 Å². The summed E-state index contributed by atoms with van der Waals surface area (Å²) in [5.41, 5.74) is 3.61. The van der Waals surface area contributed by atoms with Crippen molar-refractivity contribution in [3.8, 4) is 0 Å². The standard InChI is InChI=1S/C28H24O4/c29-25(30)17-16-22-23(19-10-4-1-5-11-19)18-24(20-12-6-2-7-13-20)26(28(22)32)27(31)21-14-8-3-9-15-21/h1-15,24,26H,16-18H2,(H,29,30)/t24-,26+/m1/s1. The minimum atomic E-state index is -0.964. The van der Waals surface area contributed by atoms with Crippen LogP contribution in [-0.4, -0.2) is 22.6 Å². The van der Waals surface area contributed by atoms with Gasteiger partial charge in [-0.05, 0) is 29.5 Å². The molecule has 3 aromatic carbocycles. The van der Waals surface area contributed by atoms with Gasteiger partial charge in [0.2, 0.25) is 0 Å². The second-order valence-corrected chi connectivity index (χ2v) is 8.01. The molecule has 0 spiro atoms. The first-order chi connectivity index (χ1) is 15.6. The van der Waals surface area contributed by atoms with Crippen LogP contribution in [0.2, 0.25) is 0 Å². The molecular formula is C28H24O4. The number of carbonyl (C=O) groups is 3. The van der Waals surface area contributed by atoms with E-state index in [0.717, 1.165) is 16.7 Å². The summed E-state index contributed by atoms with van der Waals surface area (Å²) in [5.74, 6) is -2.64. The van der Waals surface area contributed by atoms with Crippen LogP contribution >= 0.6 is 0 Å².